The van der Waals surface area contributed by atoms with Gasteiger partial charge in [-0.3, -0.25) is 19.9 Å². The van der Waals surface area contributed by atoms with E-state index in [1.54, 1.807) is 0 Å². The Hall–Kier alpha value is -1.65. The fraction of sp³-hybridized carbons (Fsp3) is 0.667. The fourth-order valence-electron chi connectivity index (χ4n) is 1.59. The van der Waals surface area contributed by atoms with Crippen LogP contribution in [0.3, 0.4) is 0 Å². The highest BCUT2D eigenvalue weighted by atomic mass is 16.2. The normalized spacial score (nSPS) is 17.7. The van der Waals surface area contributed by atoms with Crippen LogP contribution in [-0.2, 0) is 4.79 Å². The van der Waals surface area contributed by atoms with Gasteiger partial charge in [-0.15, -0.1) is 0 Å². The van der Waals surface area contributed by atoms with Crippen molar-refractivity contribution < 1.29 is 9.59 Å². The summed E-state index contributed by atoms with van der Waals surface area (Å²) in [5.74, 6) is -0.388. The first-order valence-corrected chi connectivity index (χ1v) is 5.03. The minimum absolute atomic E-state index is 0.170. The summed E-state index contributed by atoms with van der Waals surface area (Å²) in [6.07, 6.45) is 0. The van der Waals surface area contributed by atoms with Crippen LogP contribution in [-0.4, -0.2) is 61.0 Å². The summed E-state index contributed by atoms with van der Waals surface area (Å²) in [4.78, 5) is 25.6. The van der Waals surface area contributed by atoms with Crippen LogP contribution < -0.4 is 11.1 Å². The van der Waals surface area contributed by atoms with Gasteiger partial charge in [-0.05, 0) is 0 Å². The Balaban J connectivity index is 2.24. The number of piperazine rings is 1. The SMILES string of the molecule is N#CCN1CCN(CC(=O)NC(N)=O)CC1. The Morgan fingerprint density at radius 3 is 2.31 bits per heavy atom. The second-order valence-electron chi connectivity index (χ2n) is 3.62. The monoisotopic (exact) mass is 225 g/mol. The predicted molar refractivity (Wildman–Crippen MR) is 56.2 cm³/mol. The third-order valence-corrected chi connectivity index (χ3v) is 2.39. The van der Waals surface area contributed by atoms with Gasteiger partial charge >= 0.3 is 6.03 Å². The third kappa shape index (κ3) is 4.25. The zero-order valence-electron chi connectivity index (χ0n) is 8.98. The van der Waals surface area contributed by atoms with E-state index in [4.69, 9.17) is 11.0 Å². The summed E-state index contributed by atoms with van der Waals surface area (Å²) < 4.78 is 0. The van der Waals surface area contributed by atoms with Crippen LogP contribution in [0.1, 0.15) is 0 Å². The van der Waals surface area contributed by atoms with E-state index in [2.05, 4.69) is 6.07 Å². The molecule has 0 unspecified atom stereocenters. The highest BCUT2D eigenvalue weighted by Crippen LogP contribution is 2.00. The van der Waals surface area contributed by atoms with E-state index in [9.17, 15) is 9.59 Å². The molecule has 0 bridgehead atoms. The Morgan fingerprint density at radius 2 is 1.81 bits per heavy atom. The Kier molecular flexibility index (Phi) is 4.69. The van der Waals surface area contributed by atoms with Gasteiger partial charge in [0.05, 0.1) is 19.2 Å². The molecule has 7 heteroatoms. The number of primary amides is 1. The first kappa shape index (κ1) is 12.4. The van der Waals surface area contributed by atoms with Gasteiger partial charge in [-0.25, -0.2) is 4.79 Å². The number of nitrogens with one attached hydrogen (secondary N) is 1. The molecule has 0 aromatic heterocycles. The average molecular weight is 225 g/mol. The van der Waals surface area contributed by atoms with Gasteiger partial charge in [0.1, 0.15) is 0 Å². The lowest BCUT2D eigenvalue weighted by Gasteiger charge is -2.32. The van der Waals surface area contributed by atoms with Crippen molar-refractivity contribution in [3.05, 3.63) is 0 Å². The topological polar surface area (TPSA) is 102 Å². The molecular weight excluding hydrogens is 210 g/mol. The van der Waals surface area contributed by atoms with Crippen LogP contribution in [0.25, 0.3) is 0 Å². The van der Waals surface area contributed by atoms with Crippen molar-refractivity contribution >= 4 is 11.9 Å². The molecule has 16 heavy (non-hydrogen) atoms. The standard InChI is InChI=1S/C9H15N5O2/c10-1-2-13-3-5-14(6-4-13)7-8(15)12-9(11)16/h2-7H2,(H3,11,12,15,16). The summed E-state index contributed by atoms with van der Waals surface area (Å²) in [6.45, 7) is 3.54. The van der Waals surface area contributed by atoms with Crippen molar-refractivity contribution in [3.63, 3.8) is 0 Å². The smallest absolute Gasteiger partial charge is 0.318 e. The lowest BCUT2D eigenvalue weighted by molar-refractivity contribution is -0.121. The third-order valence-electron chi connectivity index (χ3n) is 2.39. The molecule has 0 saturated carbocycles. The van der Waals surface area contributed by atoms with Crippen molar-refractivity contribution in [3.8, 4) is 6.07 Å². The van der Waals surface area contributed by atoms with Gasteiger partial charge in [0.25, 0.3) is 0 Å². The zero-order valence-corrected chi connectivity index (χ0v) is 8.98. The highest BCUT2D eigenvalue weighted by molar-refractivity contribution is 5.94. The predicted octanol–water partition coefficient (Wildman–Crippen LogP) is -1.68. The molecule has 7 nitrogen and oxygen atoms in total. The number of nitrogens with two attached hydrogens (primary N) is 1. The summed E-state index contributed by atoms with van der Waals surface area (Å²) in [5, 5.41) is 10.5. The highest BCUT2D eigenvalue weighted by Gasteiger charge is 2.18. The number of amides is 3. The van der Waals surface area contributed by atoms with E-state index in [0.29, 0.717) is 19.6 Å². The maximum atomic E-state index is 11.2. The van der Waals surface area contributed by atoms with E-state index < -0.39 is 6.03 Å². The summed E-state index contributed by atoms with van der Waals surface area (Å²) in [6, 6.07) is 1.26. The number of nitriles is 1. The molecule has 0 aromatic carbocycles. The number of carbonyl (C=O) groups excluding carboxylic acids is 2. The molecule has 3 N–H and O–H groups in total. The molecule has 0 aromatic rings. The van der Waals surface area contributed by atoms with Crippen molar-refractivity contribution in [1.29, 1.82) is 5.26 Å². The molecule has 1 saturated heterocycles. The molecule has 0 radical (unpaired) electrons. The number of nitrogens with zero attached hydrogens (tertiary/aromatic N) is 3. The van der Waals surface area contributed by atoms with E-state index in [0.717, 1.165) is 13.1 Å². The Bertz CT molecular complexity index is 304. The molecule has 3 amide bonds. The van der Waals surface area contributed by atoms with Gasteiger partial charge in [-0.2, -0.15) is 5.26 Å². The second kappa shape index (κ2) is 6.05. The van der Waals surface area contributed by atoms with E-state index in [1.807, 2.05) is 15.1 Å². The Morgan fingerprint density at radius 1 is 1.25 bits per heavy atom. The number of hydrogen-bond donors (Lipinski definition) is 2. The van der Waals surface area contributed by atoms with Crippen molar-refractivity contribution in [2.75, 3.05) is 39.3 Å². The summed E-state index contributed by atoms with van der Waals surface area (Å²) >= 11 is 0. The molecule has 1 rings (SSSR count). The van der Waals surface area contributed by atoms with Crippen molar-refractivity contribution in [2.24, 2.45) is 5.73 Å². The van der Waals surface area contributed by atoms with Crippen LogP contribution in [0.15, 0.2) is 0 Å². The van der Waals surface area contributed by atoms with Gasteiger partial charge in [0.2, 0.25) is 5.91 Å². The van der Waals surface area contributed by atoms with Crippen LogP contribution in [0, 0.1) is 11.3 Å². The molecule has 88 valence electrons. The van der Waals surface area contributed by atoms with Crippen LogP contribution in [0.4, 0.5) is 4.79 Å². The number of carbonyl (C=O) groups is 2. The average Bonchev–Trinajstić information content (AvgIpc) is 2.20. The molecule has 1 aliphatic rings. The molecule has 1 heterocycles. The van der Waals surface area contributed by atoms with E-state index in [-0.39, 0.29) is 12.5 Å². The van der Waals surface area contributed by atoms with Crippen LogP contribution >= 0.6 is 0 Å². The van der Waals surface area contributed by atoms with Gasteiger partial charge < -0.3 is 5.73 Å². The molecule has 0 aliphatic carbocycles. The molecule has 0 spiro atoms. The first-order chi connectivity index (χ1) is 7.61. The Labute approximate surface area is 93.8 Å². The maximum absolute atomic E-state index is 11.2. The maximum Gasteiger partial charge on any atom is 0.318 e. The van der Waals surface area contributed by atoms with Gasteiger partial charge in [0, 0.05) is 26.2 Å². The van der Waals surface area contributed by atoms with Crippen LogP contribution in [0.2, 0.25) is 0 Å². The van der Waals surface area contributed by atoms with Gasteiger partial charge in [0.15, 0.2) is 0 Å². The molecule has 1 fully saturated rings. The zero-order chi connectivity index (χ0) is 12.0. The number of urea groups is 1. The van der Waals surface area contributed by atoms with E-state index >= 15 is 0 Å². The fourth-order valence-corrected chi connectivity index (χ4v) is 1.59. The molecule has 1 aliphatic heterocycles. The second-order valence-corrected chi connectivity index (χ2v) is 3.62. The first-order valence-electron chi connectivity index (χ1n) is 5.03. The number of hydrogen-bond acceptors (Lipinski definition) is 5. The van der Waals surface area contributed by atoms with Crippen LogP contribution in [0.5, 0.6) is 0 Å². The number of imide groups is 1. The van der Waals surface area contributed by atoms with E-state index in [1.165, 1.54) is 0 Å². The minimum Gasteiger partial charge on any atom is -0.351 e. The summed E-state index contributed by atoms with van der Waals surface area (Å²) in [7, 11) is 0. The lowest BCUT2D eigenvalue weighted by atomic mass is 10.3. The lowest BCUT2D eigenvalue weighted by Crippen LogP contribution is -2.50. The quantitative estimate of drug-likeness (QED) is 0.559. The minimum atomic E-state index is -0.826. The van der Waals surface area contributed by atoms with Crippen molar-refractivity contribution in [1.82, 2.24) is 15.1 Å². The largest absolute Gasteiger partial charge is 0.351 e. The van der Waals surface area contributed by atoms with Gasteiger partial charge in [-0.1, -0.05) is 0 Å². The summed E-state index contributed by atoms with van der Waals surface area (Å²) in [5.41, 5.74) is 4.83. The number of rotatable bonds is 3. The van der Waals surface area contributed by atoms with Crippen molar-refractivity contribution in [2.45, 2.75) is 0 Å². The molecule has 0 atom stereocenters. The molecular formula is C9H15N5O2.